The number of amides is 1. The first-order chi connectivity index (χ1) is 12.0. The fraction of sp³-hybridized carbons (Fsp3) is 0.474. The molecular weight excluding hydrogens is 340 g/mol. The third kappa shape index (κ3) is 3.82. The van der Waals surface area contributed by atoms with Crippen LogP contribution < -0.4 is 4.90 Å². The lowest BCUT2D eigenvalue weighted by atomic mass is 9.82. The largest absolute Gasteiger partial charge is 0.481 e. The Kier molecular flexibility index (Phi) is 5.33. The van der Waals surface area contributed by atoms with Crippen LogP contribution >= 0.6 is 11.6 Å². The first kappa shape index (κ1) is 17.8. The number of hydrogen-bond donors (Lipinski definition) is 1. The number of halogens is 1. The van der Waals surface area contributed by atoms with Crippen LogP contribution in [0.15, 0.2) is 30.4 Å². The number of anilines is 1. The zero-order valence-corrected chi connectivity index (χ0v) is 15.1. The minimum Gasteiger partial charge on any atom is -0.481 e. The number of carboxylic acids is 1. The highest BCUT2D eigenvalue weighted by molar-refractivity contribution is 6.30. The minimum absolute atomic E-state index is 0.0285. The maximum Gasteiger partial charge on any atom is 0.307 e. The predicted octanol–water partition coefficient (Wildman–Crippen LogP) is 2.96. The molecule has 134 valence electrons. The van der Waals surface area contributed by atoms with E-state index in [4.69, 9.17) is 11.6 Å². The number of carbonyl (C=O) groups is 2. The standard InChI is InChI=1S/C19H23ClN2O3/c1-13-6-7-14(20)12-17(13)21-8-10-22(11-9-21)18(23)15-4-2-3-5-16(15)19(24)25/h2-3,6-7,12,15-16H,4-5,8-11H2,1H3,(H,24,25)/t15-,16-/m0/s1. The first-order valence-corrected chi connectivity index (χ1v) is 9.03. The number of carbonyl (C=O) groups excluding carboxylic acids is 1. The van der Waals surface area contributed by atoms with Crippen molar-refractivity contribution >= 4 is 29.2 Å². The van der Waals surface area contributed by atoms with Crippen molar-refractivity contribution in [3.63, 3.8) is 0 Å². The van der Waals surface area contributed by atoms with Crippen molar-refractivity contribution < 1.29 is 14.7 Å². The number of aliphatic carboxylic acids is 1. The van der Waals surface area contributed by atoms with E-state index in [0.29, 0.717) is 31.0 Å². The third-order valence-corrected chi connectivity index (χ3v) is 5.41. The highest BCUT2D eigenvalue weighted by Gasteiger charge is 2.37. The molecule has 2 aliphatic rings. The molecule has 2 atom stereocenters. The van der Waals surface area contributed by atoms with E-state index in [2.05, 4.69) is 11.8 Å². The molecule has 1 aliphatic heterocycles. The van der Waals surface area contributed by atoms with Crippen molar-refractivity contribution in [2.45, 2.75) is 19.8 Å². The monoisotopic (exact) mass is 362 g/mol. The summed E-state index contributed by atoms with van der Waals surface area (Å²) in [6.07, 6.45) is 4.74. The molecule has 1 aliphatic carbocycles. The molecule has 0 radical (unpaired) electrons. The summed E-state index contributed by atoms with van der Waals surface area (Å²) < 4.78 is 0. The molecule has 1 aromatic rings. The first-order valence-electron chi connectivity index (χ1n) is 8.65. The van der Waals surface area contributed by atoms with Crippen LogP contribution in [-0.2, 0) is 9.59 Å². The molecule has 1 fully saturated rings. The fourth-order valence-corrected chi connectivity index (χ4v) is 3.85. The minimum atomic E-state index is -0.879. The number of allylic oxidation sites excluding steroid dienone is 2. The molecule has 0 saturated carbocycles. The van der Waals surface area contributed by atoms with Crippen LogP contribution in [-0.4, -0.2) is 48.1 Å². The van der Waals surface area contributed by atoms with Crippen molar-refractivity contribution in [1.29, 1.82) is 0 Å². The smallest absolute Gasteiger partial charge is 0.307 e. The van der Waals surface area contributed by atoms with Gasteiger partial charge in [0, 0.05) is 36.9 Å². The second-order valence-corrected chi connectivity index (χ2v) is 7.17. The Morgan fingerprint density at radius 1 is 1.08 bits per heavy atom. The van der Waals surface area contributed by atoms with Crippen molar-refractivity contribution in [3.05, 3.63) is 40.9 Å². The van der Waals surface area contributed by atoms with Crippen LogP contribution in [0.25, 0.3) is 0 Å². The summed E-state index contributed by atoms with van der Waals surface area (Å²) in [5, 5.41) is 10.1. The van der Waals surface area contributed by atoms with Gasteiger partial charge < -0.3 is 14.9 Å². The lowest BCUT2D eigenvalue weighted by Crippen LogP contribution is -2.52. The molecule has 0 aromatic heterocycles. The van der Waals surface area contributed by atoms with Gasteiger partial charge in [0.05, 0.1) is 11.8 Å². The Bertz CT molecular complexity index is 696. The van der Waals surface area contributed by atoms with Gasteiger partial charge in [-0.1, -0.05) is 29.8 Å². The van der Waals surface area contributed by atoms with Gasteiger partial charge in [0.15, 0.2) is 0 Å². The predicted molar refractivity (Wildman–Crippen MR) is 98.0 cm³/mol. The van der Waals surface area contributed by atoms with Crippen LogP contribution in [0.2, 0.25) is 5.02 Å². The molecule has 25 heavy (non-hydrogen) atoms. The number of benzene rings is 1. The molecule has 0 spiro atoms. The second kappa shape index (κ2) is 7.48. The summed E-state index contributed by atoms with van der Waals surface area (Å²) in [6.45, 7) is 4.73. The molecular formula is C19H23ClN2O3. The fourth-order valence-electron chi connectivity index (χ4n) is 3.69. The second-order valence-electron chi connectivity index (χ2n) is 6.74. The number of piperazine rings is 1. The van der Waals surface area contributed by atoms with Gasteiger partial charge in [0.25, 0.3) is 0 Å². The van der Waals surface area contributed by atoms with Crippen LogP contribution in [0.3, 0.4) is 0 Å². The molecule has 6 heteroatoms. The maximum absolute atomic E-state index is 12.8. The molecule has 1 aromatic carbocycles. The van der Waals surface area contributed by atoms with E-state index < -0.39 is 17.8 Å². The zero-order chi connectivity index (χ0) is 18.0. The number of nitrogens with zero attached hydrogens (tertiary/aromatic N) is 2. The van der Waals surface area contributed by atoms with Crippen molar-refractivity contribution in [2.75, 3.05) is 31.1 Å². The summed E-state index contributed by atoms with van der Waals surface area (Å²) in [4.78, 5) is 28.3. The van der Waals surface area contributed by atoms with Gasteiger partial charge in [0.1, 0.15) is 0 Å². The van der Waals surface area contributed by atoms with Crippen LogP contribution in [0.1, 0.15) is 18.4 Å². The normalized spacial score (nSPS) is 23.6. The molecule has 1 saturated heterocycles. The lowest BCUT2D eigenvalue weighted by molar-refractivity contribution is -0.150. The number of aryl methyl sites for hydroxylation is 1. The van der Waals surface area contributed by atoms with Gasteiger partial charge in [-0.2, -0.15) is 0 Å². The molecule has 1 heterocycles. The van der Waals surface area contributed by atoms with Crippen molar-refractivity contribution in [2.24, 2.45) is 11.8 Å². The molecule has 0 bridgehead atoms. The van der Waals surface area contributed by atoms with Crippen LogP contribution in [0, 0.1) is 18.8 Å². The number of rotatable bonds is 3. The van der Waals surface area contributed by atoms with Gasteiger partial charge >= 0.3 is 5.97 Å². The summed E-state index contributed by atoms with van der Waals surface area (Å²) in [5.74, 6) is -1.96. The molecule has 0 unspecified atom stereocenters. The molecule has 5 nitrogen and oxygen atoms in total. The van der Waals surface area contributed by atoms with Crippen molar-refractivity contribution in [3.8, 4) is 0 Å². The van der Waals surface area contributed by atoms with Gasteiger partial charge in [-0.05, 0) is 37.5 Å². The summed E-state index contributed by atoms with van der Waals surface area (Å²) >= 11 is 6.11. The number of hydrogen-bond acceptors (Lipinski definition) is 3. The highest BCUT2D eigenvalue weighted by atomic mass is 35.5. The van der Waals surface area contributed by atoms with E-state index in [-0.39, 0.29) is 5.91 Å². The van der Waals surface area contributed by atoms with E-state index in [0.717, 1.165) is 24.3 Å². The van der Waals surface area contributed by atoms with Crippen LogP contribution in [0.4, 0.5) is 5.69 Å². The van der Waals surface area contributed by atoms with Crippen LogP contribution in [0.5, 0.6) is 0 Å². The number of carboxylic acid groups (broad SMARTS) is 1. The highest BCUT2D eigenvalue weighted by Crippen LogP contribution is 2.29. The van der Waals surface area contributed by atoms with Gasteiger partial charge in [-0.25, -0.2) is 0 Å². The van der Waals surface area contributed by atoms with E-state index in [1.54, 1.807) is 0 Å². The van der Waals surface area contributed by atoms with Gasteiger partial charge in [-0.15, -0.1) is 0 Å². The molecule has 3 rings (SSSR count). The van der Waals surface area contributed by atoms with E-state index in [9.17, 15) is 14.7 Å². The van der Waals surface area contributed by atoms with E-state index >= 15 is 0 Å². The van der Waals surface area contributed by atoms with Crippen molar-refractivity contribution in [1.82, 2.24) is 4.90 Å². The Morgan fingerprint density at radius 3 is 2.36 bits per heavy atom. The van der Waals surface area contributed by atoms with E-state index in [1.165, 1.54) is 0 Å². The SMILES string of the molecule is Cc1ccc(Cl)cc1N1CCN(C(=O)[C@H]2CC=CC[C@@H]2C(=O)O)CC1. The quantitative estimate of drug-likeness (QED) is 0.840. The zero-order valence-electron chi connectivity index (χ0n) is 14.3. The topological polar surface area (TPSA) is 60.9 Å². The Morgan fingerprint density at radius 2 is 1.72 bits per heavy atom. The lowest BCUT2D eigenvalue weighted by Gasteiger charge is -2.39. The maximum atomic E-state index is 12.8. The van der Waals surface area contributed by atoms with Gasteiger partial charge in [-0.3, -0.25) is 9.59 Å². The summed E-state index contributed by atoms with van der Waals surface area (Å²) in [6, 6.07) is 5.84. The Hall–Kier alpha value is -2.01. The summed E-state index contributed by atoms with van der Waals surface area (Å²) in [5.41, 5.74) is 2.26. The van der Waals surface area contributed by atoms with Gasteiger partial charge in [0.2, 0.25) is 5.91 Å². The summed E-state index contributed by atoms with van der Waals surface area (Å²) in [7, 11) is 0. The average molecular weight is 363 g/mol. The molecule has 1 N–H and O–H groups in total. The molecule has 1 amide bonds. The van der Waals surface area contributed by atoms with E-state index in [1.807, 2.05) is 35.3 Å². The average Bonchev–Trinajstić information content (AvgIpc) is 2.63. The Labute approximate surface area is 152 Å². The Balaban J connectivity index is 1.65. The third-order valence-electron chi connectivity index (χ3n) is 5.17.